The third-order valence-corrected chi connectivity index (χ3v) is 3.34. The van der Waals surface area contributed by atoms with Crippen LogP contribution in [0.5, 0.6) is 0 Å². The summed E-state index contributed by atoms with van der Waals surface area (Å²) in [6.45, 7) is 11.8. The lowest BCUT2D eigenvalue weighted by Gasteiger charge is -2.36. The largest absolute Gasteiger partial charge is 0.344 e. The molecule has 0 saturated heterocycles. The van der Waals surface area contributed by atoms with Crippen molar-refractivity contribution < 1.29 is 4.79 Å². The Balaban J connectivity index is 2.55. The first-order valence-corrected chi connectivity index (χ1v) is 6.73. The molecule has 3 heteroatoms. The molecule has 0 spiro atoms. The van der Waals surface area contributed by atoms with Crippen molar-refractivity contribution in [1.82, 2.24) is 10.2 Å². The molecule has 1 aliphatic carbocycles. The second kappa shape index (κ2) is 5.38. The lowest BCUT2D eigenvalue weighted by Crippen LogP contribution is -2.51. The minimum atomic E-state index is 0.169. The second-order valence-corrected chi connectivity index (χ2v) is 6.73. The van der Waals surface area contributed by atoms with Crippen molar-refractivity contribution in [1.29, 1.82) is 0 Å². The average molecular weight is 240 g/mol. The molecule has 0 aliphatic heterocycles. The molecule has 0 heterocycles. The minimum absolute atomic E-state index is 0.169. The molecule has 0 unspecified atom stereocenters. The number of rotatable bonds is 5. The second-order valence-electron chi connectivity index (χ2n) is 6.73. The van der Waals surface area contributed by atoms with Crippen molar-refractivity contribution in [3.05, 3.63) is 0 Å². The molecule has 1 N–H and O–H groups in total. The highest BCUT2D eigenvalue weighted by molar-refractivity contribution is 5.80. The van der Waals surface area contributed by atoms with Crippen molar-refractivity contribution in [3.63, 3.8) is 0 Å². The summed E-state index contributed by atoms with van der Waals surface area (Å²) in [4.78, 5) is 13.9. The number of carbonyl (C=O) groups excluding carboxylic acids is 1. The van der Waals surface area contributed by atoms with Gasteiger partial charge in [-0.1, -0.05) is 34.6 Å². The number of nitrogens with one attached hydrogen (secondary N) is 1. The zero-order chi connectivity index (χ0) is 13.2. The third-order valence-electron chi connectivity index (χ3n) is 3.34. The lowest BCUT2D eigenvalue weighted by molar-refractivity contribution is -0.131. The fraction of sp³-hybridized carbons (Fsp3) is 0.929. The summed E-state index contributed by atoms with van der Waals surface area (Å²) in [7, 11) is 1.93. The molecule has 100 valence electrons. The Morgan fingerprint density at radius 3 is 2.24 bits per heavy atom. The van der Waals surface area contributed by atoms with Gasteiger partial charge in [0, 0.05) is 31.6 Å². The van der Waals surface area contributed by atoms with Crippen LogP contribution in [0.1, 0.15) is 47.5 Å². The van der Waals surface area contributed by atoms with Crippen molar-refractivity contribution in [2.45, 2.75) is 59.5 Å². The van der Waals surface area contributed by atoms with E-state index in [0.29, 0.717) is 23.9 Å². The van der Waals surface area contributed by atoms with Crippen LogP contribution in [0.2, 0.25) is 0 Å². The van der Waals surface area contributed by atoms with E-state index in [0.717, 1.165) is 19.4 Å². The van der Waals surface area contributed by atoms with Gasteiger partial charge in [-0.05, 0) is 18.3 Å². The van der Waals surface area contributed by atoms with Gasteiger partial charge in [0.1, 0.15) is 0 Å². The van der Waals surface area contributed by atoms with Crippen LogP contribution in [0.25, 0.3) is 0 Å². The number of likely N-dealkylation sites (N-methyl/N-ethyl adjacent to an activating group) is 1. The number of amides is 1. The smallest absolute Gasteiger partial charge is 0.225 e. The molecular formula is C14H28N2O. The van der Waals surface area contributed by atoms with Gasteiger partial charge in [-0.15, -0.1) is 0 Å². The molecule has 1 rings (SSSR count). The van der Waals surface area contributed by atoms with E-state index in [9.17, 15) is 4.79 Å². The van der Waals surface area contributed by atoms with Gasteiger partial charge in [-0.25, -0.2) is 0 Å². The molecule has 0 aromatic heterocycles. The zero-order valence-corrected chi connectivity index (χ0v) is 12.2. The summed E-state index contributed by atoms with van der Waals surface area (Å²) in [6.07, 6.45) is 2.17. The van der Waals surface area contributed by atoms with E-state index < -0.39 is 0 Å². The summed E-state index contributed by atoms with van der Waals surface area (Å²) in [5.74, 6) is 0.643. The molecule has 0 aromatic carbocycles. The molecule has 3 nitrogen and oxygen atoms in total. The summed E-state index contributed by atoms with van der Waals surface area (Å²) in [6, 6.07) is 0.791. The monoisotopic (exact) mass is 240 g/mol. The molecule has 1 amide bonds. The highest BCUT2D eigenvalue weighted by atomic mass is 16.2. The standard InChI is InChI=1S/C14H28N2O/c1-10(2)15-12(14(3,4)5)9-16(6)13(17)11-7-8-11/h10-12,15H,7-9H2,1-6H3/t12-/m1/s1. The van der Waals surface area contributed by atoms with E-state index in [1.807, 2.05) is 11.9 Å². The molecular weight excluding hydrogens is 212 g/mol. The first-order valence-electron chi connectivity index (χ1n) is 6.73. The maximum atomic E-state index is 12.0. The molecule has 1 fully saturated rings. The Kier molecular flexibility index (Phi) is 4.59. The molecule has 1 saturated carbocycles. The fourth-order valence-electron chi connectivity index (χ4n) is 1.98. The van der Waals surface area contributed by atoms with Crippen molar-refractivity contribution in [3.8, 4) is 0 Å². The predicted octanol–water partition coefficient (Wildman–Crippen LogP) is 2.27. The molecule has 1 aliphatic rings. The normalized spacial score (nSPS) is 18.3. The van der Waals surface area contributed by atoms with Crippen LogP contribution < -0.4 is 5.32 Å². The van der Waals surface area contributed by atoms with Crippen LogP contribution in [0.4, 0.5) is 0 Å². The van der Waals surface area contributed by atoms with E-state index in [2.05, 4.69) is 39.9 Å². The van der Waals surface area contributed by atoms with Crippen molar-refractivity contribution >= 4 is 5.91 Å². The van der Waals surface area contributed by atoms with E-state index in [1.165, 1.54) is 0 Å². The summed E-state index contributed by atoms with van der Waals surface area (Å²) < 4.78 is 0. The lowest BCUT2D eigenvalue weighted by atomic mass is 9.86. The first-order chi connectivity index (χ1) is 7.71. The molecule has 0 bridgehead atoms. The van der Waals surface area contributed by atoms with Crippen LogP contribution in [0.3, 0.4) is 0 Å². The Hall–Kier alpha value is -0.570. The zero-order valence-electron chi connectivity index (χ0n) is 12.2. The maximum absolute atomic E-state index is 12.0. The van der Waals surface area contributed by atoms with Gasteiger partial charge < -0.3 is 10.2 Å². The van der Waals surface area contributed by atoms with Crippen LogP contribution in [-0.2, 0) is 4.79 Å². The quantitative estimate of drug-likeness (QED) is 0.799. The van der Waals surface area contributed by atoms with Gasteiger partial charge in [0.05, 0.1) is 0 Å². The first kappa shape index (κ1) is 14.5. The van der Waals surface area contributed by atoms with Gasteiger partial charge >= 0.3 is 0 Å². The van der Waals surface area contributed by atoms with E-state index >= 15 is 0 Å². The Bertz CT molecular complexity index is 264. The van der Waals surface area contributed by atoms with Crippen LogP contribution >= 0.6 is 0 Å². The maximum Gasteiger partial charge on any atom is 0.225 e. The Labute approximate surface area is 106 Å². The Morgan fingerprint density at radius 2 is 1.88 bits per heavy atom. The highest BCUT2D eigenvalue weighted by Crippen LogP contribution is 2.31. The van der Waals surface area contributed by atoms with Crippen molar-refractivity contribution in [2.24, 2.45) is 11.3 Å². The molecule has 1 atom stereocenters. The number of hydrogen-bond donors (Lipinski definition) is 1. The Morgan fingerprint density at radius 1 is 1.35 bits per heavy atom. The van der Waals surface area contributed by atoms with Gasteiger partial charge in [-0.3, -0.25) is 4.79 Å². The summed E-state index contributed by atoms with van der Waals surface area (Å²) >= 11 is 0. The van der Waals surface area contributed by atoms with Gasteiger partial charge in [0.25, 0.3) is 0 Å². The van der Waals surface area contributed by atoms with E-state index in [1.54, 1.807) is 0 Å². The topological polar surface area (TPSA) is 32.3 Å². The molecule has 17 heavy (non-hydrogen) atoms. The fourth-order valence-corrected chi connectivity index (χ4v) is 1.98. The van der Waals surface area contributed by atoms with E-state index in [-0.39, 0.29) is 5.41 Å². The highest BCUT2D eigenvalue weighted by Gasteiger charge is 2.34. The predicted molar refractivity (Wildman–Crippen MR) is 71.9 cm³/mol. The number of nitrogens with zero attached hydrogens (tertiary/aromatic N) is 1. The van der Waals surface area contributed by atoms with Gasteiger partial charge in [-0.2, -0.15) is 0 Å². The minimum Gasteiger partial charge on any atom is -0.344 e. The van der Waals surface area contributed by atoms with Crippen LogP contribution in [0, 0.1) is 11.3 Å². The summed E-state index contributed by atoms with van der Waals surface area (Å²) in [5.41, 5.74) is 0.169. The van der Waals surface area contributed by atoms with E-state index in [4.69, 9.17) is 0 Å². The molecule has 0 aromatic rings. The van der Waals surface area contributed by atoms with Gasteiger partial charge in [0.2, 0.25) is 5.91 Å². The molecule has 0 radical (unpaired) electrons. The number of carbonyl (C=O) groups is 1. The summed E-state index contributed by atoms with van der Waals surface area (Å²) in [5, 5.41) is 3.57. The van der Waals surface area contributed by atoms with Crippen molar-refractivity contribution in [2.75, 3.05) is 13.6 Å². The average Bonchev–Trinajstić information content (AvgIpc) is 2.96. The van der Waals surface area contributed by atoms with Crippen LogP contribution in [0.15, 0.2) is 0 Å². The van der Waals surface area contributed by atoms with Crippen LogP contribution in [-0.4, -0.2) is 36.5 Å². The third kappa shape index (κ3) is 4.66. The van der Waals surface area contributed by atoms with Gasteiger partial charge in [0.15, 0.2) is 0 Å². The SMILES string of the molecule is CC(C)N[C@H](CN(C)C(=O)C1CC1)C(C)(C)C. The number of hydrogen-bond acceptors (Lipinski definition) is 2.